The molecule has 3 aromatic rings. The van der Waals surface area contributed by atoms with Crippen LogP contribution >= 0.6 is 22.9 Å². The number of halogens is 4. The second-order valence-corrected chi connectivity index (χ2v) is 7.59. The van der Waals surface area contributed by atoms with Crippen LogP contribution in [0, 0.1) is 0 Å². The van der Waals surface area contributed by atoms with Gasteiger partial charge in [0.15, 0.2) is 0 Å². The Morgan fingerprint density at radius 1 is 0.933 bits per heavy atom. The first-order valence-corrected chi connectivity index (χ1v) is 9.90. The maximum absolute atomic E-state index is 12.6. The molecule has 1 heterocycles. The van der Waals surface area contributed by atoms with E-state index in [0.29, 0.717) is 21.3 Å². The largest absolute Gasteiger partial charge is 0.416 e. The van der Waals surface area contributed by atoms with Gasteiger partial charge >= 0.3 is 6.18 Å². The molecule has 0 saturated carbocycles. The quantitative estimate of drug-likeness (QED) is 0.562. The van der Waals surface area contributed by atoms with Gasteiger partial charge in [0.1, 0.15) is 5.01 Å². The zero-order valence-electron chi connectivity index (χ0n) is 15.3. The monoisotopic (exact) mass is 453 g/mol. The van der Waals surface area contributed by atoms with E-state index in [-0.39, 0.29) is 12.8 Å². The zero-order valence-corrected chi connectivity index (χ0v) is 16.9. The number of hydrogen-bond donors (Lipinski definition) is 2. The van der Waals surface area contributed by atoms with E-state index < -0.39 is 23.6 Å². The van der Waals surface area contributed by atoms with Crippen LogP contribution in [-0.2, 0) is 28.6 Å². The molecule has 3 rings (SSSR count). The lowest BCUT2D eigenvalue weighted by molar-refractivity contribution is -0.137. The van der Waals surface area contributed by atoms with Crippen LogP contribution < -0.4 is 10.9 Å². The summed E-state index contributed by atoms with van der Waals surface area (Å²) < 4.78 is 37.9. The van der Waals surface area contributed by atoms with E-state index in [2.05, 4.69) is 15.8 Å². The van der Waals surface area contributed by atoms with E-state index in [9.17, 15) is 22.8 Å². The molecule has 1 aromatic heterocycles. The van der Waals surface area contributed by atoms with Crippen molar-refractivity contribution in [3.05, 3.63) is 75.8 Å². The number of alkyl halides is 3. The normalized spacial score (nSPS) is 11.2. The minimum atomic E-state index is -4.40. The second kappa shape index (κ2) is 9.27. The molecule has 2 aromatic carbocycles. The van der Waals surface area contributed by atoms with Crippen LogP contribution in [0.1, 0.15) is 16.8 Å². The SMILES string of the molecule is O=C(Cc1ccc(Cl)cc1)NNC(=O)Cc1csc(-c2ccc(C(F)(F)F)cc2)n1. The molecule has 2 amide bonds. The predicted octanol–water partition coefficient (Wildman–Crippen LogP) is 4.41. The highest BCUT2D eigenvalue weighted by molar-refractivity contribution is 7.13. The van der Waals surface area contributed by atoms with Crippen LogP contribution in [0.3, 0.4) is 0 Å². The molecule has 0 radical (unpaired) electrons. The topological polar surface area (TPSA) is 71.1 Å². The third-order valence-electron chi connectivity index (χ3n) is 3.97. The summed E-state index contributed by atoms with van der Waals surface area (Å²) in [5.41, 5.74) is 5.60. The number of hydrogen-bond acceptors (Lipinski definition) is 4. The van der Waals surface area contributed by atoms with E-state index >= 15 is 0 Å². The number of carbonyl (C=O) groups excluding carboxylic acids is 2. The number of thiazole rings is 1. The van der Waals surface area contributed by atoms with Gasteiger partial charge in [-0.05, 0) is 29.8 Å². The smallest absolute Gasteiger partial charge is 0.273 e. The number of aromatic nitrogens is 1. The molecule has 0 bridgehead atoms. The highest BCUT2D eigenvalue weighted by Crippen LogP contribution is 2.31. The van der Waals surface area contributed by atoms with Gasteiger partial charge in [-0.15, -0.1) is 11.3 Å². The Morgan fingerprint density at radius 2 is 1.53 bits per heavy atom. The standard InChI is InChI=1S/C20H15ClF3N3O2S/c21-15-7-1-12(2-8-15)9-17(28)26-27-18(29)10-16-11-30-19(25-16)13-3-5-14(6-4-13)20(22,23)24/h1-8,11H,9-10H2,(H,26,28)(H,27,29). The number of rotatable bonds is 5. The van der Waals surface area contributed by atoms with Crippen LogP contribution in [0.2, 0.25) is 5.02 Å². The molecule has 0 aliphatic rings. The minimum Gasteiger partial charge on any atom is -0.273 e. The van der Waals surface area contributed by atoms with Crippen LogP contribution in [0.25, 0.3) is 10.6 Å². The van der Waals surface area contributed by atoms with Crippen molar-refractivity contribution < 1.29 is 22.8 Å². The molecule has 0 spiro atoms. The Labute approximate surface area is 178 Å². The molecule has 0 atom stereocenters. The molecule has 0 saturated heterocycles. The molecule has 30 heavy (non-hydrogen) atoms. The molecule has 10 heteroatoms. The number of benzene rings is 2. The molecular weight excluding hydrogens is 439 g/mol. The van der Waals surface area contributed by atoms with Crippen LogP contribution in [0.15, 0.2) is 53.9 Å². The Hall–Kier alpha value is -2.91. The maximum atomic E-state index is 12.6. The van der Waals surface area contributed by atoms with Gasteiger partial charge in [0.2, 0.25) is 11.8 Å². The summed E-state index contributed by atoms with van der Waals surface area (Å²) in [5.74, 6) is -0.863. The molecule has 0 aliphatic heterocycles. The fraction of sp³-hybridized carbons (Fsp3) is 0.150. The van der Waals surface area contributed by atoms with Gasteiger partial charge in [-0.2, -0.15) is 13.2 Å². The molecule has 0 unspecified atom stereocenters. The first-order chi connectivity index (χ1) is 14.2. The van der Waals surface area contributed by atoms with E-state index in [0.717, 1.165) is 17.7 Å². The van der Waals surface area contributed by atoms with Crippen molar-refractivity contribution >= 4 is 34.8 Å². The summed E-state index contributed by atoms with van der Waals surface area (Å²) in [7, 11) is 0. The first-order valence-electron chi connectivity index (χ1n) is 8.65. The predicted molar refractivity (Wildman–Crippen MR) is 108 cm³/mol. The molecular formula is C20H15ClF3N3O2S. The van der Waals surface area contributed by atoms with E-state index in [1.165, 1.54) is 23.5 Å². The Morgan fingerprint density at radius 3 is 2.13 bits per heavy atom. The van der Waals surface area contributed by atoms with Gasteiger partial charge in [0.25, 0.3) is 0 Å². The third kappa shape index (κ3) is 6.04. The van der Waals surface area contributed by atoms with Crippen LogP contribution in [0.5, 0.6) is 0 Å². The van der Waals surface area contributed by atoms with Crippen molar-refractivity contribution in [2.45, 2.75) is 19.0 Å². The summed E-state index contributed by atoms with van der Waals surface area (Å²) in [5, 5.41) is 2.70. The Kier molecular flexibility index (Phi) is 6.73. The number of hydrazine groups is 1. The zero-order chi connectivity index (χ0) is 21.7. The second-order valence-electron chi connectivity index (χ2n) is 6.30. The van der Waals surface area contributed by atoms with E-state index in [1.807, 2.05) is 0 Å². The van der Waals surface area contributed by atoms with Gasteiger partial charge in [-0.1, -0.05) is 35.9 Å². The van der Waals surface area contributed by atoms with Crippen molar-refractivity contribution in [3.63, 3.8) is 0 Å². The van der Waals surface area contributed by atoms with Gasteiger partial charge in [-0.25, -0.2) is 4.98 Å². The summed E-state index contributed by atoms with van der Waals surface area (Å²) >= 11 is 7.00. The summed E-state index contributed by atoms with van der Waals surface area (Å²) in [4.78, 5) is 28.2. The minimum absolute atomic E-state index is 0.0756. The van der Waals surface area contributed by atoms with Crippen LogP contribution in [0.4, 0.5) is 13.2 Å². The van der Waals surface area contributed by atoms with Gasteiger partial charge in [0, 0.05) is 16.0 Å². The first kappa shape index (κ1) is 21.8. The van der Waals surface area contributed by atoms with Gasteiger partial charge in [-0.3, -0.25) is 20.4 Å². The summed E-state index contributed by atoms with van der Waals surface area (Å²) in [6.45, 7) is 0. The fourth-order valence-corrected chi connectivity index (χ4v) is 3.45. The van der Waals surface area contributed by atoms with Gasteiger partial charge < -0.3 is 0 Å². The average molecular weight is 454 g/mol. The van der Waals surface area contributed by atoms with Crippen molar-refractivity contribution in [1.29, 1.82) is 0 Å². The number of nitrogens with zero attached hydrogens (tertiary/aromatic N) is 1. The fourth-order valence-electron chi connectivity index (χ4n) is 2.50. The van der Waals surface area contributed by atoms with Crippen molar-refractivity contribution in [2.24, 2.45) is 0 Å². The molecule has 156 valence electrons. The number of nitrogens with one attached hydrogen (secondary N) is 2. The Balaban J connectivity index is 1.51. The number of amides is 2. The molecule has 5 nitrogen and oxygen atoms in total. The summed E-state index contributed by atoms with van der Waals surface area (Å²) in [6.07, 6.45) is -4.41. The van der Waals surface area contributed by atoms with Crippen LogP contribution in [-0.4, -0.2) is 16.8 Å². The van der Waals surface area contributed by atoms with E-state index in [4.69, 9.17) is 11.6 Å². The highest BCUT2D eigenvalue weighted by Gasteiger charge is 2.30. The van der Waals surface area contributed by atoms with Crippen molar-refractivity contribution in [1.82, 2.24) is 15.8 Å². The lowest BCUT2D eigenvalue weighted by Gasteiger charge is -2.07. The van der Waals surface area contributed by atoms with Crippen molar-refractivity contribution in [2.75, 3.05) is 0 Å². The lowest BCUT2D eigenvalue weighted by atomic mass is 10.1. The van der Waals surface area contributed by atoms with Gasteiger partial charge in [0.05, 0.1) is 24.1 Å². The number of carbonyl (C=O) groups is 2. The summed E-state index contributed by atoms with van der Waals surface area (Å²) in [6, 6.07) is 11.4. The third-order valence-corrected chi connectivity index (χ3v) is 5.16. The molecule has 2 N–H and O–H groups in total. The highest BCUT2D eigenvalue weighted by atomic mass is 35.5. The molecule has 0 aliphatic carbocycles. The Bertz CT molecular complexity index is 1030. The average Bonchev–Trinajstić information content (AvgIpc) is 3.16. The maximum Gasteiger partial charge on any atom is 0.416 e. The molecule has 0 fully saturated rings. The lowest BCUT2D eigenvalue weighted by Crippen LogP contribution is -2.43. The van der Waals surface area contributed by atoms with Crippen molar-refractivity contribution in [3.8, 4) is 10.6 Å². The van der Waals surface area contributed by atoms with E-state index in [1.54, 1.807) is 29.6 Å².